The van der Waals surface area contributed by atoms with Crippen molar-refractivity contribution in [3.63, 3.8) is 0 Å². The van der Waals surface area contributed by atoms with Crippen LogP contribution in [0.25, 0.3) is 0 Å². The van der Waals surface area contributed by atoms with Gasteiger partial charge in [-0.25, -0.2) is 0 Å². The molecule has 2 heteroatoms. The Morgan fingerprint density at radius 2 is 1.08 bits per heavy atom. The van der Waals surface area contributed by atoms with Gasteiger partial charge in [-0.05, 0) is 29.0 Å². The molecule has 0 saturated heterocycles. The minimum atomic E-state index is -0.749. The van der Waals surface area contributed by atoms with Crippen molar-refractivity contribution in [3.8, 4) is 0 Å². The molecule has 0 spiro atoms. The predicted octanol–water partition coefficient (Wildman–Crippen LogP) is 5.47. The second-order valence-electron chi connectivity index (χ2n) is 6.25. The van der Waals surface area contributed by atoms with Crippen LogP contribution < -0.4 is 0 Å². The molecule has 2 nitrogen and oxygen atoms in total. The van der Waals surface area contributed by atoms with Crippen LogP contribution in [0.2, 0.25) is 0 Å². The molecular weight excluding hydrogens is 308 g/mol. The summed E-state index contributed by atoms with van der Waals surface area (Å²) in [4.78, 5) is 11.2. The summed E-state index contributed by atoms with van der Waals surface area (Å²) in [6, 6.07) is 31.0. The van der Waals surface area contributed by atoms with Crippen LogP contribution >= 0.6 is 0 Å². The zero-order valence-electron chi connectivity index (χ0n) is 14.1. The fourth-order valence-electron chi connectivity index (χ4n) is 3.48. The molecule has 3 aromatic rings. The molecule has 25 heavy (non-hydrogen) atoms. The molecule has 1 N–H and O–H groups in total. The van der Waals surface area contributed by atoms with Gasteiger partial charge in [-0.2, -0.15) is 0 Å². The molecular formula is C23H22O2. The van der Waals surface area contributed by atoms with Crippen molar-refractivity contribution in [3.05, 3.63) is 108 Å². The normalized spacial score (nSPS) is 12.0. The van der Waals surface area contributed by atoms with E-state index in [2.05, 4.69) is 36.4 Å². The molecule has 126 valence electrons. The highest BCUT2D eigenvalue weighted by Gasteiger charge is 2.26. The summed E-state index contributed by atoms with van der Waals surface area (Å²) in [5, 5.41) is 9.23. The van der Waals surface area contributed by atoms with E-state index in [9.17, 15) is 9.90 Å². The maximum absolute atomic E-state index is 11.2. The number of hydrogen-bond donors (Lipinski definition) is 1. The van der Waals surface area contributed by atoms with Crippen molar-refractivity contribution in [1.82, 2.24) is 0 Å². The lowest BCUT2D eigenvalue weighted by molar-refractivity contribution is -0.137. The van der Waals surface area contributed by atoms with Crippen LogP contribution in [0, 0.1) is 0 Å². The zero-order chi connectivity index (χ0) is 17.5. The summed E-state index contributed by atoms with van der Waals surface area (Å²) < 4.78 is 0. The van der Waals surface area contributed by atoms with Gasteiger partial charge >= 0.3 is 5.97 Å². The molecule has 0 bridgehead atoms. The largest absolute Gasteiger partial charge is 0.481 e. The van der Waals surface area contributed by atoms with Crippen LogP contribution in [0.5, 0.6) is 0 Å². The molecule has 0 amide bonds. The van der Waals surface area contributed by atoms with Crippen LogP contribution in [0.3, 0.4) is 0 Å². The fraction of sp³-hybridized carbons (Fsp3) is 0.174. The van der Waals surface area contributed by atoms with E-state index in [4.69, 9.17) is 0 Å². The van der Waals surface area contributed by atoms with Gasteiger partial charge in [0.1, 0.15) is 0 Å². The van der Waals surface area contributed by atoms with Gasteiger partial charge in [0.15, 0.2) is 0 Å². The molecule has 3 rings (SSSR count). The van der Waals surface area contributed by atoms with Crippen LogP contribution in [0.4, 0.5) is 0 Å². The molecule has 3 aromatic carbocycles. The van der Waals surface area contributed by atoms with Gasteiger partial charge in [-0.15, -0.1) is 0 Å². The van der Waals surface area contributed by atoms with Crippen molar-refractivity contribution in [2.24, 2.45) is 0 Å². The zero-order valence-corrected chi connectivity index (χ0v) is 14.1. The Hall–Kier alpha value is -2.87. The lowest BCUT2D eigenvalue weighted by atomic mass is 9.75. The van der Waals surface area contributed by atoms with Crippen molar-refractivity contribution in [2.75, 3.05) is 0 Å². The number of carboxylic acid groups (broad SMARTS) is 1. The average Bonchev–Trinajstić information content (AvgIpc) is 2.67. The Balaban J connectivity index is 2.07. The Morgan fingerprint density at radius 3 is 1.48 bits per heavy atom. The molecule has 0 radical (unpaired) electrons. The quantitative estimate of drug-likeness (QED) is 0.624. The maximum atomic E-state index is 11.2. The SMILES string of the molecule is O=C(O)CCC(c1ccccc1)C(c1ccccc1)c1ccccc1. The number of carbonyl (C=O) groups is 1. The van der Waals surface area contributed by atoms with Crippen LogP contribution in [0.15, 0.2) is 91.0 Å². The first-order valence-corrected chi connectivity index (χ1v) is 8.62. The predicted molar refractivity (Wildman–Crippen MR) is 101 cm³/mol. The molecule has 0 heterocycles. The first kappa shape index (κ1) is 17.0. The molecule has 0 aliphatic heterocycles. The molecule has 0 saturated carbocycles. The highest BCUT2D eigenvalue weighted by molar-refractivity contribution is 5.66. The maximum Gasteiger partial charge on any atom is 0.303 e. The molecule has 0 fully saturated rings. The number of carboxylic acids is 1. The molecule has 1 unspecified atom stereocenters. The highest BCUT2D eigenvalue weighted by Crippen LogP contribution is 2.41. The fourth-order valence-corrected chi connectivity index (χ4v) is 3.48. The van der Waals surface area contributed by atoms with E-state index >= 15 is 0 Å². The van der Waals surface area contributed by atoms with Gasteiger partial charge in [-0.3, -0.25) is 4.79 Å². The van der Waals surface area contributed by atoms with E-state index < -0.39 is 5.97 Å². The number of aliphatic carboxylic acids is 1. The smallest absolute Gasteiger partial charge is 0.303 e. The molecule has 0 aliphatic carbocycles. The van der Waals surface area contributed by atoms with Gasteiger partial charge in [0.2, 0.25) is 0 Å². The second-order valence-corrected chi connectivity index (χ2v) is 6.25. The third-order valence-electron chi connectivity index (χ3n) is 4.62. The summed E-state index contributed by atoms with van der Waals surface area (Å²) in [6.45, 7) is 0. The van der Waals surface area contributed by atoms with E-state index in [0.717, 1.165) is 0 Å². The summed E-state index contributed by atoms with van der Waals surface area (Å²) in [7, 11) is 0. The first-order chi connectivity index (χ1) is 12.3. The third-order valence-corrected chi connectivity index (χ3v) is 4.62. The van der Waals surface area contributed by atoms with E-state index in [0.29, 0.717) is 6.42 Å². The summed E-state index contributed by atoms with van der Waals surface area (Å²) in [6.07, 6.45) is 0.767. The Kier molecular flexibility index (Phi) is 5.63. The Bertz CT molecular complexity index is 743. The minimum absolute atomic E-state index is 0.113. The van der Waals surface area contributed by atoms with Crippen molar-refractivity contribution in [2.45, 2.75) is 24.7 Å². The lowest BCUT2D eigenvalue weighted by Gasteiger charge is -2.28. The second kappa shape index (κ2) is 8.29. The average molecular weight is 330 g/mol. The third kappa shape index (κ3) is 4.36. The van der Waals surface area contributed by atoms with E-state index in [1.54, 1.807) is 0 Å². The Labute approximate surface area is 148 Å². The van der Waals surface area contributed by atoms with E-state index in [1.165, 1.54) is 16.7 Å². The van der Waals surface area contributed by atoms with E-state index in [1.807, 2.05) is 54.6 Å². The van der Waals surface area contributed by atoms with Crippen molar-refractivity contribution >= 4 is 5.97 Å². The monoisotopic (exact) mass is 330 g/mol. The highest BCUT2D eigenvalue weighted by atomic mass is 16.4. The minimum Gasteiger partial charge on any atom is -0.481 e. The van der Waals surface area contributed by atoms with Gasteiger partial charge in [0, 0.05) is 12.3 Å². The van der Waals surface area contributed by atoms with Gasteiger partial charge in [0.25, 0.3) is 0 Å². The lowest BCUT2D eigenvalue weighted by Crippen LogP contribution is -2.15. The standard InChI is InChI=1S/C23H22O2/c24-22(25)17-16-21(18-10-4-1-5-11-18)23(19-12-6-2-7-13-19)20-14-8-3-9-15-20/h1-15,21,23H,16-17H2,(H,24,25). The van der Waals surface area contributed by atoms with Crippen LogP contribution in [0.1, 0.15) is 41.4 Å². The summed E-state index contributed by atoms with van der Waals surface area (Å²) in [5.41, 5.74) is 3.61. The van der Waals surface area contributed by atoms with Gasteiger partial charge in [0.05, 0.1) is 0 Å². The van der Waals surface area contributed by atoms with E-state index in [-0.39, 0.29) is 18.3 Å². The topological polar surface area (TPSA) is 37.3 Å². The summed E-state index contributed by atoms with van der Waals surface area (Å²) >= 11 is 0. The van der Waals surface area contributed by atoms with Crippen LogP contribution in [-0.4, -0.2) is 11.1 Å². The van der Waals surface area contributed by atoms with Crippen LogP contribution in [-0.2, 0) is 4.79 Å². The summed E-state index contributed by atoms with van der Waals surface area (Å²) in [5.74, 6) is -0.507. The first-order valence-electron chi connectivity index (χ1n) is 8.62. The molecule has 1 atom stereocenters. The number of hydrogen-bond acceptors (Lipinski definition) is 1. The van der Waals surface area contributed by atoms with Crippen molar-refractivity contribution in [1.29, 1.82) is 0 Å². The number of benzene rings is 3. The van der Waals surface area contributed by atoms with Gasteiger partial charge < -0.3 is 5.11 Å². The molecule has 0 aromatic heterocycles. The number of rotatable bonds is 7. The molecule has 0 aliphatic rings. The van der Waals surface area contributed by atoms with Crippen molar-refractivity contribution < 1.29 is 9.90 Å². The Morgan fingerprint density at radius 1 is 0.680 bits per heavy atom. The van der Waals surface area contributed by atoms with Gasteiger partial charge in [-0.1, -0.05) is 91.0 Å².